The Labute approximate surface area is 187 Å². The van der Waals surface area contributed by atoms with Gasteiger partial charge in [-0.05, 0) is 44.9 Å². The van der Waals surface area contributed by atoms with Crippen molar-refractivity contribution in [2.75, 3.05) is 51.8 Å². The molecule has 1 heterocycles. The molecule has 1 atom stereocenters. The molecule has 166 valence electrons. The van der Waals surface area contributed by atoms with Crippen LogP contribution in [0.3, 0.4) is 0 Å². The first-order chi connectivity index (χ1) is 13.1. The molecule has 0 radical (unpaired) electrons. The smallest absolute Gasteiger partial charge is 0.213 e. The van der Waals surface area contributed by atoms with Crippen molar-refractivity contribution in [3.8, 4) is 0 Å². The Balaban J connectivity index is 0.00000392. The first-order valence-corrected chi connectivity index (χ1v) is 11.9. The predicted molar refractivity (Wildman–Crippen MR) is 123 cm³/mol. The number of sulfonamides is 1. The Morgan fingerprint density at radius 3 is 2.68 bits per heavy atom. The third-order valence-electron chi connectivity index (χ3n) is 4.87. The highest BCUT2D eigenvalue weighted by Crippen LogP contribution is 2.25. The van der Waals surface area contributed by atoms with Gasteiger partial charge in [-0.1, -0.05) is 6.42 Å². The highest BCUT2D eigenvalue weighted by molar-refractivity contribution is 14.0. The third-order valence-corrected chi connectivity index (χ3v) is 6.22. The molecule has 1 aliphatic heterocycles. The second kappa shape index (κ2) is 14.8. The van der Waals surface area contributed by atoms with E-state index in [1.54, 1.807) is 0 Å². The van der Waals surface area contributed by atoms with Crippen molar-refractivity contribution in [2.24, 2.45) is 10.9 Å². The van der Waals surface area contributed by atoms with Gasteiger partial charge in [-0.15, -0.1) is 24.0 Å². The maximum atomic E-state index is 12.0. The Kier molecular flexibility index (Phi) is 13.6. The number of aliphatic imine (C=N–C) groups is 1. The van der Waals surface area contributed by atoms with Crippen molar-refractivity contribution in [1.29, 1.82) is 0 Å². The molecule has 8 nitrogen and oxygen atoms in total. The van der Waals surface area contributed by atoms with Crippen LogP contribution in [0.25, 0.3) is 0 Å². The van der Waals surface area contributed by atoms with Crippen molar-refractivity contribution >= 4 is 40.0 Å². The highest BCUT2D eigenvalue weighted by Gasteiger charge is 2.20. The Hall–Kier alpha value is -0.170. The van der Waals surface area contributed by atoms with Crippen LogP contribution in [0, 0.1) is 5.92 Å². The van der Waals surface area contributed by atoms with Gasteiger partial charge in [0.2, 0.25) is 10.0 Å². The average Bonchev–Trinajstić information content (AvgIpc) is 3.09. The third kappa shape index (κ3) is 11.1. The summed E-state index contributed by atoms with van der Waals surface area (Å²) >= 11 is 0. The summed E-state index contributed by atoms with van der Waals surface area (Å²) in [6, 6.07) is 0. The summed E-state index contributed by atoms with van der Waals surface area (Å²) in [5.74, 6) is 1.22. The summed E-state index contributed by atoms with van der Waals surface area (Å²) in [6.45, 7) is 6.42. The summed E-state index contributed by atoms with van der Waals surface area (Å²) in [6.07, 6.45) is 6.78. The second-order valence-corrected chi connectivity index (χ2v) is 9.14. The van der Waals surface area contributed by atoms with Crippen LogP contribution < -0.4 is 15.4 Å². The average molecular weight is 532 g/mol. The van der Waals surface area contributed by atoms with Crippen molar-refractivity contribution in [2.45, 2.75) is 51.6 Å². The predicted octanol–water partition coefficient (Wildman–Crippen LogP) is 1.46. The molecule has 28 heavy (non-hydrogen) atoms. The van der Waals surface area contributed by atoms with Crippen LogP contribution in [0.4, 0.5) is 0 Å². The van der Waals surface area contributed by atoms with Gasteiger partial charge in [-0.2, -0.15) is 0 Å². The maximum absolute atomic E-state index is 12.0. The van der Waals surface area contributed by atoms with Crippen molar-refractivity contribution in [1.82, 2.24) is 15.4 Å². The number of halogens is 1. The van der Waals surface area contributed by atoms with Crippen LogP contribution in [-0.2, 0) is 19.5 Å². The lowest BCUT2D eigenvalue weighted by Crippen LogP contribution is -2.42. The van der Waals surface area contributed by atoms with Crippen LogP contribution in [0.5, 0.6) is 0 Å². The summed E-state index contributed by atoms with van der Waals surface area (Å²) < 4.78 is 37.9. The van der Waals surface area contributed by atoms with E-state index in [0.29, 0.717) is 44.7 Å². The molecule has 2 aliphatic rings. The molecule has 1 saturated heterocycles. The van der Waals surface area contributed by atoms with Gasteiger partial charge in [0.1, 0.15) is 0 Å². The highest BCUT2D eigenvalue weighted by atomic mass is 127. The summed E-state index contributed by atoms with van der Waals surface area (Å²) in [5.41, 5.74) is 0. The molecule has 0 aromatic rings. The molecule has 10 heteroatoms. The summed E-state index contributed by atoms with van der Waals surface area (Å²) in [5, 5.41) is 6.22. The van der Waals surface area contributed by atoms with Gasteiger partial charge in [0.25, 0.3) is 0 Å². The SMILES string of the molecule is CCNC(=NCCCOCC1CCCO1)NCCS(=O)(=O)NCC1CCC1.I. The fraction of sp³-hybridized carbons (Fsp3) is 0.944. The lowest BCUT2D eigenvalue weighted by atomic mass is 9.86. The minimum atomic E-state index is -3.23. The molecule has 0 bridgehead atoms. The molecule has 2 fully saturated rings. The molecular formula is C18H37IN4O4S. The number of nitrogens with one attached hydrogen (secondary N) is 3. The van der Waals surface area contributed by atoms with Crippen LogP contribution in [-0.4, -0.2) is 72.2 Å². The first-order valence-electron chi connectivity index (χ1n) is 10.3. The topological polar surface area (TPSA) is 101 Å². The van der Waals surface area contributed by atoms with Crippen LogP contribution in [0.2, 0.25) is 0 Å². The zero-order valence-electron chi connectivity index (χ0n) is 17.0. The largest absolute Gasteiger partial charge is 0.379 e. The van der Waals surface area contributed by atoms with E-state index in [2.05, 4.69) is 20.3 Å². The molecule has 1 saturated carbocycles. The van der Waals surface area contributed by atoms with E-state index in [1.807, 2.05) is 6.92 Å². The van der Waals surface area contributed by atoms with Gasteiger partial charge in [-0.3, -0.25) is 4.99 Å². The van der Waals surface area contributed by atoms with Crippen LogP contribution in [0.1, 0.15) is 45.4 Å². The Morgan fingerprint density at radius 1 is 1.21 bits per heavy atom. The lowest BCUT2D eigenvalue weighted by Gasteiger charge is -2.25. The summed E-state index contributed by atoms with van der Waals surface area (Å²) in [4.78, 5) is 4.47. The fourth-order valence-electron chi connectivity index (χ4n) is 3.01. The minimum absolute atomic E-state index is 0. The van der Waals surface area contributed by atoms with Gasteiger partial charge in [-0.25, -0.2) is 13.1 Å². The first kappa shape index (κ1) is 25.9. The van der Waals surface area contributed by atoms with Gasteiger partial charge < -0.3 is 20.1 Å². The minimum Gasteiger partial charge on any atom is -0.379 e. The van der Waals surface area contributed by atoms with Gasteiger partial charge >= 0.3 is 0 Å². The Bertz CT molecular complexity index is 538. The second-order valence-electron chi connectivity index (χ2n) is 7.22. The molecular weight excluding hydrogens is 495 g/mol. The Morgan fingerprint density at radius 2 is 2.04 bits per heavy atom. The van der Waals surface area contributed by atoms with E-state index in [1.165, 1.54) is 6.42 Å². The number of ether oxygens (including phenoxy) is 2. The standard InChI is InChI=1S/C18H36N4O4S.HI/c1-2-19-18(20-9-5-11-25-15-17-8-4-12-26-17)21-10-13-27(23,24)22-14-16-6-3-7-16;/h16-17,22H,2-15H2,1H3,(H2,19,20,21);1H. The number of hydrogen-bond donors (Lipinski definition) is 3. The molecule has 0 aromatic heterocycles. The van der Waals surface area contributed by atoms with Crippen molar-refractivity contribution in [3.63, 3.8) is 0 Å². The molecule has 0 aromatic carbocycles. The van der Waals surface area contributed by atoms with Crippen molar-refractivity contribution < 1.29 is 17.9 Å². The number of rotatable bonds is 13. The summed E-state index contributed by atoms with van der Waals surface area (Å²) in [7, 11) is -3.23. The molecule has 3 N–H and O–H groups in total. The monoisotopic (exact) mass is 532 g/mol. The van der Waals surface area contributed by atoms with E-state index in [0.717, 1.165) is 45.3 Å². The van der Waals surface area contributed by atoms with E-state index in [9.17, 15) is 8.42 Å². The van der Waals surface area contributed by atoms with E-state index < -0.39 is 10.0 Å². The molecule has 1 unspecified atom stereocenters. The molecule has 0 spiro atoms. The fourth-order valence-corrected chi connectivity index (χ4v) is 4.01. The maximum Gasteiger partial charge on any atom is 0.213 e. The van der Waals surface area contributed by atoms with Gasteiger partial charge in [0, 0.05) is 39.4 Å². The van der Waals surface area contributed by atoms with E-state index >= 15 is 0 Å². The number of guanidine groups is 1. The van der Waals surface area contributed by atoms with Crippen LogP contribution >= 0.6 is 24.0 Å². The van der Waals surface area contributed by atoms with Gasteiger partial charge in [0.15, 0.2) is 5.96 Å². The molecule has 0 amide bonds. The van der Waals surface area contributed by atoms with Crippen molar-refractivity contribution in [3.05, 3.63) is 0 Å². The zero-order valence-corrected chi connectivity index (χ0v) is 20.1. The molecule has 1 aliphatic carbocycles. The zero-order chi connectivity index (χ0) is 19.4. The lowest BCUT2D eigenvalue weighted by molar-refractivity contribution is 0.0171. The number of hydrogen-bond acceptors (Lipinski definition) is 5. The van der Waals surface area contributed by atoms with Gasteiger partial charge in [0.05, 0.1) is 18.5 Å². The number of nitrogens with zero attached hydrogens (tertiary/aromatic N) is 1. The van der Waals surface area contributed by atoms with E-state index in [-0.39, 0.29) is 35.8 Å². The van der Waals surface area contributed by atoms with Crippen LogP contribution in [0.15, 0.2) is 4.99 Å². The normalized spacial score (nSPS) is 20.5. The van der Waals surface area contributed by atoms with E-state index in [4.69, 9.17) is 9.47 Å². The quantitative estimate of drug-likeness (QED) is 0.144. The molecule has 2 rings (SSSR count).